The fourth-order valence-corrected chi connectivity index (χ4v) is 3.36. The highest BCUT2D eigenvalue weighted by Crippen LogP contribution is 2.43. The quantitative estimate of drug-likeness (QED) is 0.585. The van der Waals surface area contributed by atoms with Crippen LogP contribution in [0.2, 0.25) is 0 Å². The summed E-state index contributed by atoms with van der Waals surface area (Å²) >= 11 is 0. The van der Waals surface area contributed by atoms with Crippen LogP contribution in [0.25, 0.3) is 10.8 Å². The van der Waals surface area contributed by atoms with E-state index in [9.17, 15) is 13.2 Å². The normalized spacial score (nSPS) is 16.4. The minimum atomic E-state index is -1.20. The summed E-state index contributed by atoms with van der Waals surface area (Å²) in [6.07, 6.45) is 0.426. The van der Waals surface area contributed by atoms with Crippen molar-refractivity contribution < 1.29 is 22.6 Å². The zero-order valence-electron chi connectivity index (χ0n) is 13.5. The van der Waals surface area contributed by atoms with Crippen LogP contribution in [-0.2, 0) is 6.42 Å². The van der Waals surface area contributed by atoms with Crippen molar-refractivity contribution >= 4 is 10.8 Å². The van der Waals surface area contributed by atoms with Crippen LogP contribution in [0.5, 0.6) is 11.5 Å². The molecule has 0 N–H and O–H groups in total. The van der Waals surface area contributed by atoms with E-state index in [1.165, 1.54) is 0 Å². The lowest BCUT2D eigenvalue weighted by molar-refractivity contribution is 0.174. The number of ether oxygens (including phenoxy) is 2. The smallest absolute Gasteiger partial charge is 0.161 e. The first-order valence-electron chi connectivity index (χ1n) is 7.98. The number of benzene rings is 3. The van der Waals surface area contributed by atoms with Crippen LogP contribution in [0.4, 0.5) is 13.2 Å². The maximum Gasteiger partial charge on any atom is 0.161 e. The van der Waals surface area contributed by atoms with Crippen molar-refractivity contribution in [1.82, 2.24) is 0 Å². The molecule has 1 unspecified atom stereocenters. The van der Waals surface area contributed by atoms with Crippen molar-refractivity contribution in [2.75, 3.05) is 7.11 Å². The molecule has 3 aromatic rings. The summed E-state index contributed by atoms with van der Waals surface area (Å²) in [7, 11) is 1.61. The average Bonchev–Trinajstić information content (AvgIpc) is 2.63. The van der Waals surface area contributed by atoms with Crippen LogP contribution >= 0.6 is 0 Å². The van der Waals surface area contributed by atoms with E-state index >= 15 is 0 Å². The summed E-state index contributed by atoms with van der Waals surface area (Å²) in [5.74, 6) is -1.70. The highest BCUT2D eigenvalue weighted by molar-refractivity contribution is 5.94. The van der Waals surface area contributed by atoms with Crippen LogP contribution < -0.4 is 9.47 Å². The molecule has 0 aliphatic carbocycles. The molecular weight excluding hydrogens is 329 g/mol. The molecule has 1 atom stereocenters. The summed E-state index contributed by atoms with van der Waals surface area (Å²) in [6, 6.07) is 11.0. The first kappa shape index (κ1) is 15.8. The highest BCUT2D eigenvalue weighted by Gasteiger charge is 2.27. The summed E-state index contributed by atoms with van der Waals surface area (Å²) in [5.41, 5.74) is 0.985. The fraction of sp³-hybridized carbons (Fsp3) is 0.200. The summed E-state index contributed by atoms with van der Waals surface area (Å²) in [4.78, 5) is 0. The number of aryl methyl sites for hydroxylation is 1. The predicted molar refractivity (Wildman–Crippen MR) is 88.5 cm³/mol. The molecule has 3 aromatic carbocycles. The lowest BCUT2D eigenvalue weighted by Gasteiger charge is -2.28. The zero-order chi connectivity index (χ0) is 17.6. The van der Waals surface area contributed by atoms with Gasteiger partial charge < -0.3 is 9.47 Å². The maximum atomic E-state index is 14.1. The Hall–Kier alpha value is -2.69. The van der Waals surface area contributed by atoms with Crippen LogP contribution in [0.3, 0.4) is 0 Å². The second-order valence-corrected chi connectivity index (χ2v) is 6.05. The molecule has 0 bridgehead atoms. The van der Waals surface area contributed by atoms with E-state index in [-0.39, 0.29) is 5.56 Å². The Morgan fingerprint density at radius 1 is 0.960 bits per heavy atom. The van der Waals surface area contributed by atoms with Crippen molar-refractivity contribution in [3.8, 4) is 11.5 Å². The number of fused-ring (bicyclic) bond motifs is 3. The Morgan fingerprint density at radius 3 is 2.44 bits per heavy atom. The average molecular weight is 344 g/mol. The van der Waals surface area contributed by atoms with Crippen molar-refractivity contribution in [3.05, 3.63) is 71.0 Å². The minimum absolute atomic E-state index is 0.0319. The third-order valence-electron chi connectivity index (χ3n) is 4.58. The van der Waals surface area contributed by atoms with E-state index < -0.39 is 23.6 Å². The molecule has 0 amide bonds. The Labute approximate surface area is 142 Å². The second kappa shape index (κ2) is 5.99. The summed E-state index contributed by atoms with van der Waals surface area (Å²) in [6.45, 7) is 0. The molecule has 2 nitrogen and oxygen atoms in total. The molecule has 0 fully saturated rings. The van der Waals surface area contributed by atoms with Gasteiger partial charge in [-0.15, -0.1) is 0 Å². The van der Waals surface area contributed by atoms with Gasteiger partial charge in [0, 0.05) is 22.4 Å². The number of hydrogen-bond donors (Lipinski definition) is 0. The highest BCUT2D eigenvalue weighted by atomic mass is 19.2. The van der Waals surface area contributed by atoms with Gasteiger partial charge in [0.1, 0.15) is 23.4 Å². The summed E-state index contributed by atoms with van der Waals surface area (Å²) < 4.78 is 52.3. The van der Waals surface area contributed by atoms with Crippen LogP contribution in [-0.4, -0.2) is 7.11 Å². The monoisotopic (exact) mass is 344 g/mol. The number of methoxy groups -OCH3 is 1. The molecule has 0 saturated heterocycles. The SMILES string of the molecule is COc1cc2c(c3ccccc13)OC(c1cc(F)c(F)cc1F)CC2. The van der Waals surface area contributed by atoms with Gasteiger partial charge in [-0.25, -0.2) is 13.2 Å². The van der Waals surface area contributed by atoms with Crippen molar-refractivity contribution in [1.29, 1.82) is 0 Å². The van der Waals surface area contributed by atoms with Gasteiger partial charge in [0.15, 0.2) is 11.6 Å². The zero-order valence-corrected chi connectivity index (χ0v) is 13.5. The summed E-state index contributed by atoms with van der Waals surface area (Å²) in [5, 5.41) is 1.74. The van der Waals surface area contributed by atoms with Crippen molar-refractivity contribution in [2.45, 2.75) is 18.9 Å². The van der Waals surface area contributed by atoms with Gasteiger partial charge in [0.25, 0.3) is 0 Å². The molecule has 0 radical (unpaired) electrons. The molecule has 0 spiro atoms. The molecule has 25 heavy (non-hydrogen) atoms. The Bertz CT molecular complexity index is 969. The molecule has 0 saturated carbocycles. The van der Waals surface area contributed by atoms with Crippen LogP contribution in [0.15, 0.2) is 42.5 Å². The van der Waals surface area contributed by atoms with Crippen molar-refractivity contribution in [3.63, 3.8) is 0 Å². The third kappa shape index (κ3) is 2.60. The molecule has 1 heterocycles. The number of hydrogen-bond acceptors (Lipinski definition) is 2. The molecule has 128 valence electrons. The van der Waals surface area contributed by atoms with Gasteiger partial charge in [-0.1, -0.05) is 24.3 Å². The van der Waals surface area contributed by atoms with Crippen LogP contribution in [0, 0.1) is 17.5 Å². The molecular formula is C20H15F3O2. The van der Waals surface area contributed by atoms with Gasteiger partial charge in [-0.05, 0) is 30.5 Å². The molecule has 0 aromatic heterocycles. The molecule has 5 heteroatoms. The largest absolute Gasteiger partial charge is 0.496 e. The lowest BCUT2D eigenvalue weighted by Crippen LogP contribution is -2.17. The Balaban J connectivity index is 1.82. The standard InChI is InChI=1S/C20H15F3O2/c1-24-19-8-11-6-7-18(14-9-16(22)17(23)10-15(14)21)25-20(11)13-5-3-2-4-12(13)19/h2-5,8-10,18H,6-7H2,1H3. The first-order valence-corrected chi connectivity index (χ1v) is 7.98. The van der Waals surface area contributed by atoms with Gasteiger partial charge >= 0.3 is 0 Å². The number of rotatable bonds is 2. The van der Waals surface area contributed by atoms with Crippen LogP contribution in [0.1, 0.15) is 23.7 Å². The Kier molecular flexibility index (Phi) is 3.79. The lowest BCUT2D eigenvalue weighted by atomic mass is 9.94. The Morgan fingerprint density at radius 2 is 1.68 bits per heavy atom. The molecule has 1 aliphatic rings. The third-order valence-corrected chi connectivity index (χ3v) is 4.58. The van der Waals surface area contributed by atoms with E-state index in [0.717, 1.165) is 28.2 Å². The maximum absolute atomic E-state index is 14.1. The second-order valence-electron chi connectivity index (χ2n) is 6.05. The van der Waals surface area contributed by atoms with Gasteiger partial charge in [0.2, 0.25) is 0 Å². The van der Waals surface area contributed by atoms with E-state index in [2.05, 4.69) is 0 Å². The van der Waals surface area contributed by atoms with Gasteiger partial charge in [-0.2, -0.15) is 0 Å². The number of halogens is 3. The van der Waals surface area contributed by atoms with Gasteiger partial charge in [0.05, 0.1) is 7.11 Å². The van der Waals surface area contributed by atoms with Crippen molar-refractivity contribution in [2.24, 2.45) is 0 Å². The van der Waals surface area contributed by atoms with E-state index in [0.29, 0.717) is 24.7 Å². The van der Waals surface area contributed by atoms with Gasteiger partial charge in [-0.3, -0.25) is 0 Å². The van der Waals surface area contributed by atoms with E-state index in [1.54, 1.807) is 7.11 Å². The fourth-order valence-electron chi connectivity index (χ4n) is 3.36. The molecule has 4 rings (SSSR count). The predicted octanol–water partition coefficient (Wildman–Crippen LogP) is 5.33. The first-order chi connectivity index (χ1) is 12.1. The minimum Gasteiger partial charge on any atom is -0.496 e. The van der Waals surface area contributed by atoms with E-state index in [4.69, 9.17) is 9.47 Å². The topological polar surface area (TPSA) is 18.5 Å². The van der Waals surface area contributed by atoms with E-state index in [1.807, 2.05) is 30.3 Å². The molecule has 1 aliphatic heterocycles.